The van der Waals surface area contributed by atoms with Crippen molar-refractivity contribution in [1.82, 2.24) is 19.9 Å². The largest absolute Gasteiger partial charge is 0.497 e. The number of rotatable bonds is 13. The van der Waals surface area contributed by atoms with Crippen molar-refractivity contribution in [2.75, 3.05) is 39.5 Å². The molecule has 0 saturated carbocycles. The van der Waals surface area contributed by atoms with E-state index in [0.717, 1.165) is 17.0 Å². The molecule has 1 N–H and O–H groups in total. The van der Waals surface area contributed by atoms with E-state index in [0.29, 0.717) is 39.4 Å². The molecule has 4 aromatic rings. The van der Waals surface area contributed by atoms with Crippen molar-refractivity contribution < 1.29 is 28.5 Å². The van der Waals surface area contributed by atoms with Gasteiger partial charge in [-0.05, 0) is 61.4 Å². The highest BCUT2D eigenvalue weighted by molar-refractivity contribution is 7.99. The Bertz CT molecular complexity index is 1580. The molecule has 1 atom stereocenters. The maximum Gasteiger partial charge on any atom is 0.251 e. The number of amides is 2. The van der Waals surface area contributed by atoms with Crippen LogP contribution in [0.15, 0.2) is 72.1 Å². The monoisotopic (exact) mass is 617 g/mol. The summed E-state index contributed by atoms with van der Waals surface area (Å²) < 4.78 is 21.8. The first-order valence-corrected chi connectivity index (χ1v) is 14.6. The third-order valence-electron chi connectivity index (χ3n) is 6.63. The average molecular weight is 618 g/mol. The zero-order valence-corrected chi connectivity index (χ0v) is 26.3. The van der Waals surface area contributed by atoms with Crippen molar-refractivity contribution in [2.45, 2.75) is 31.6 Å². The van der Waals surface area contributed by atoms with Crippen molar-refractivity contribution in [2.24, 2.45) is 0 Å². The van der Waals surface area contributed by atoms with Crippen LogP contribution in [-0.2, 0) is 16.1 Å². The van der Waals surface area contributed by atoms with Crippen LogP contribution in [0.3, 0.4) is 0 Å². The summed E-state index contributed by atoms with van der Waals surface area (Å²) in [6.07, 6.45) is 3.31. The van der Waals surface area contributed by atoms with E-state index in [4.69, 9.17) is 18.9 Å². The summed E-state index contributed by atoms with van der Waals surface area (Å²) in [5.74, 6) is 1.08. The Morgan fingerprint density at radius 3 is 2.23 bits per heavy atom. The van der Waals surface area contributed by atoms with Gasteiger partial charge >= 0.3 is 0 Å². The number of hydrogen-bond acceptors (Lipinski definition) is 10. The van der Waals surface area contributed by atoms with Crippen molar-refractivity contribution in [3.05, 3.63) is 89.5 Å². The van der Waals surface area contributed by atoms with E-state index in [9.17, 15) is 9.59 Å². The number of methoxy groups -OCH3 is 4. The Balaban J connectivity index is 1.78. The fourth-order valence-corrected chi connectivity index (χ4v) is 5.41. The first-order valence-electron chi connectivity index (χ1n) is 13.6. The summed E-state index contributed by atoms with van der Waals surface area (Å²) >= 11 is 1.21. The van der Waals surface area contributed by atoms with Crippen LogP contribution in [0, 0.1) is 13.8 Å². The molecule has 11 nitrogen and oxygen atoms in total. The van der Waals surface area contributed by atoms with Gasteiger partial charge in [0.25, 0.3) is 5.91 Å². The molecule has 0 saturated heterocycles. The molecule has 2 amide bonds. The normalized spacial score (nSPS) is 11.3. The number of nitrogens with zero attached hydrogens (tertiary/aromatic N) is 4. The second kappa shape index (κ2) is 15.1. The number of carbonyl (C=O) groups is 2. The molecule has 2 aromatic carbocycles. The van der Waals surface area contributed by atoms with Crippen LogP contribution in [0.2, 0.25) is 0 Å². The lowest BCUT2D eigenvalue weighted by Gasteiger charge is -2.32. The summed E-state index contributed by atoms with van der Waals surface area (Å²) in [6, 6.07) is 14.6. The van der Waals surface area contributed by atoms with Gasteiger partial charge in [-0.1, -0.05) is 23.9 Å². The molecule has 0 fully saturated rings. The molecule has 230 valence electrons. The molecule has 0 bridgehead atoms. The molecule has 2 heterocycles. The number of nitrogens with one attached hydrogen (secondary N) is 1. The van der Waals surface area contributed by atoms with Crippen molar-refractivity contribution >= 4 is 29.3 Å². The summed E-state index contributed by atoms with van der Waals surface area (Å²) in [6.45, 7) is 3.85. The predicted molar refractivity (Wildman–Crippen MR) is 167 cm³/mol. The van der Waals surface area contributed by atoms with Crippen LogP contribution in [0.5, 0.6) is 23.0 Å². The summed E-state index contributed by atoms with van der Waals surface area (Å²) in [5.41, 5.74) is 3.27. The van der Waals surface area contributed by atoms with Crippen molar-refractivity contribution in [3.8, 4) is 23.0 Å². The Labute approximate surface area is 260 Å². The van der Waals surface area contributed by atoms with Crippen LogP contribution in [0.1, 0.15) is 28.6 Å². The van der Waals surface area contributed by atoms with Crippen LogP contribution in [0.4, 0.5) is 5.69 Å². The maximum atomic E-state index is 14.3. The van der Waals surface area contributed by atoms with Crippen molar-refractivity contribution in [3.63, 3.8) is 0 Å². The molecule has 44 heavy (non-hydrogen) atoms. The van der Waals surface area contributed by atoms with Crippen LogP contribution in [0.25, 0.3) is 0 Å². The molecule has 4 rings (SSSR count). The Hall–Kier alpha value is -4.84. The number of hydrogen-bond donors (Lipinski definition) is 1. The van der Waals surface area contributed by atoms with E-state index in [1.807, 2.05) is 26.0 Å². The Morgan fingerprint density at radius 1 is 0.864 bits per heavy atom. The quantitative estimate of drug-likeness (QED) is 0.161. The van der Waals surface area contributed by atoms with E-state index >= 15 is 0 Å². The minimum absolute atomic E-state index is 0.00786. The van der Waals surface area contributed by atoms with Gasteiger partial charge in [-0.2, -0.15) is 0 Å². The molecule has 12 heteroatoms. The number of pyridine rings is 1. The molecular formula is C32H35N5O6S. The molecule has 0 aliphatic carbocycles. The molecule has 0 aliphatic rings. The van der Waals surface area contributed by atoms with E-state index < -0.39 is 11.9 Å². The van der Waals surface area contributed by atoms with Crippen LogP contribution >= 0.6 is 11.8 Å². The molecular weight excluding hydrogens is 582 g/mol. The van der Waals surface area contributed by atoms with E-state index in [-0.39, 0.29) is 18.2 Å². The minimum Gasteiger partial charge on any atom is -0.497 e. The lowest BCUT2D eigenvalue weighted by atomic mass is 10.0. The third-order valence-corrected chi connectivity index (χ3v) is 7.46. The first-order chi connectivity index (χ1) is 21.3. The lowest BCUT2D eigenvalue weighted by Crippen LogP contribution is -2.42. The standard InChI is InChI=1S/C32H35N5O6S/c1-20-14-21(2)35-32(34-20)44-19-29(38)37(18-22-8-7-13-33-17-22)30(23-9-12-26(41-4)28(15-23)43-6)31(39)36-25-11-10-24(40-3)16-27(25)42-5/h7-17,30H,18-19H2,1-6H3,(H,36,39). The fourth-order valence-electron chi connectivity index (χ4n) is 4.58. The predicted octanol–water partition coefficient (Wildman–Crippen LogP) is 5.02. The van der Waals surface area contributed by atoms with E-state index in [1.165, 1.54) is 38.0 Å². The second-order valence-electron chi connectivity index (χ2n) is 9.68. The number of benzene rings is 2. The van der Waals surface area contributed by atoms with Gasteiger partial charge in [0.15, 0.2) is 16.7 Å². The van der Waals surface area contributed by atoms with Gasteiger partial charge in [-0.3, -0.25) is 14.6 Å². The zero-order valence-electron chi connectivity index (χ0n) is 25.5. The van der Waals surface area contributed by atoms with Gasteiger partial charge in [-0.15, -0.1) is 0 Å². The first kappa shape index (κ1) is 32.1. The minimum atomic E-state index is -1.09. The van der Waals surface area contributed by atoms with Crippen molar-refractivity contribution in [1.29, 1.82) is 0 Å². The molecule has 2 aromatic heterocycles. The van der Waals surface area contributed by atoms with Gasteiger partial charge in [0, 0.05) is 36.4 Å². The van der Waals surface area contributed by atoms with E-state index in [2.05, 4.69) is 20.3 Å². The Morgan fingerprint density at radius 2 is 1.59 bits per heavy atom. The zero-order chi connectivity index (χ0) is 31.6. The number of ether oxygens (including phenoxy) is 4. The second-order valence-corrected chi connectivity index (χ2v) is 10.6. The van der Waals surface area contributed by atoms with Gasteiger partial charge in [0.1, 0.15) is 17.5 Å². The number of aryl methyl sites for hydroxylation is 2. The lowest BCUT2D eigenvalue weighted by molar-refractivity contribution is -0.137. The van der Waals surface area contributed by atoms with Crippen LogP contribution < -0.4 is 24.3 Å². The molecule has 0 radical (unpaired) electrons. The highest BCUT2D eigenvalue weighted by atomic mass is 32.2. The van der Waals surface area contributed by atoms with Crippen LogP contribution in [-0.4, -0.2) is 65.9 Å². The molecule has 1 unspecified atom stereocenters. The Kier molecular flexibility index (Phi) is 11.0. The smallest absolute Gasteiger partial charge is 0.251 e. The fraction of sp³-hybridized carbons (Fsp3) is 0.281. The maximum absolute atomic E-state index is 14.3. The van der Waals surface area contributed by atoms with E-state index in [1.54, 1.807) is 62.0 Å². The third kappa shape index (κ3) is 7.95. The SMILES string of the molecule is COc1ccc(NC(=O)C(c2ccc(OC)c(OC)c2)N(Cc2cccnc2)C(=O)CSc2nc(C)cc(C)n2)c(OC)c1. The molecule has 0 spiro atoms. The number of carbonyl (C=O) groups excluding carboxylic acids is 2. The summed E-state index contributed by atoms with van der Waals surface area (Å²) in [4.78, 5) is 43.0. The highest BCUT2D eigenvalue weighted by Gasteiger charge is 2.33. The summed E-state index contributed by atoms with van der Waals surface area (Å²) in [7, 11) is 6.09. The number of aromatic nitrogens is 3. The van der Waals surface area contributed by atoms with Gasteiger partial charge in [-0.25, -0.2) is 9.97 Å². The molecule has 0 aliphatic heterocycles. The average Bonchev–Trinajstić information content (AvgIpc) is 3.03. The number of anilines is 1. The van der Waals surface area contributed by atoms with Gasteiger partial charge in [0.05, 0.1) is 39.9 Å². The van der Waals surface area contributed by atoms with Gasteiger partial charge in [0.2, 0.25) is 5.91 Å². The number of thioether (sulfide) groups is 1. The summed E-state index contributed by atoms with van der Waals surface area (Å²) in [5, 5.41) is 3.43. The topological polar surface area (TPSA) is 125 Å². The van der Waals surface area contributed by atoms with Gasteiger partial charge < -0.3 is 29.2 Å². The highest BCUT2D eigenvalue weighted by Crippen LogP contribution is 2.35.